The Hall–Kier alpha value is -4.14. The van der Waals surface area contributed by atoms with Gasteiger partial charge in [0.15, 0.2) is 5.82 Å². The van der Waals surface area contributed by atoms with E-state index in [4.69, 9.17) is 4.98 Å². The van der Waals surface area contributed by atoms with E-state index in [-0.39, 0.29) is 12.1 Å². The summed E-state index contributed by atoms with van der Waals surface area (Å²) in [5, 5.41) is 2.98. The Kier molecular flexibility index (Phi) is 4.60. The number of carbonyl (C=O) groups excluding carboxylic acids is 1. The Labute approximate surface area is 190 Å². The second-order valence-corrected chi connectivity index (χ2v) is 8.38. The number of amides is 2. The standard InChI is InChI=1S/C24H22N8O/c1-15-10-16(4-7-26-15)19-2-3-21-23(29-19)32(18-6-9-31(21)13-18)24(33)30-22-11-17(5-8-27-22)20-12-25-14-28-20/h2-5,7-8,10-11,14,18H,6,9,12-13H2,1H3,(H,27,30,33)/t18-/m0/s1. The lowest BCUT2D eigenvalue weighted by Crippen LogP contribution is -2.48. The van der Waals surface area contributed by atoms with Crippen molar-refractivity contribution >= 4 is 35.4 Å². The lowest BCUT2D eigenvalue weighted by molar-refractivity contribution is 0.254. The summed E-state index contributed by atoms with van der Waals surface area (Å²) >= 11 is 0. The molecule has 0 spiro atoms. The normalized spacial score (nSPS) is 18.3. The summed E-state index contributed by atoms with van der Waals surface area (Å²) in [4.78, 5) is 39.6. The van der Waals surface area contributed by atoms with E-state index in [1.165, 1.54) is 0 Å². The van der Waals surface area contributed by atoms with Gasteiger partial charge in [-0.05, 0) is 49.7 Å². The fourth-order valence-corrected chi connectivity index (χ4v) is 4.63. The molecular weight excluding hydrogens is 416 g/mol. The van der Waals surface area contributed by atoms with Crippen LogP contribution in [0.3, 0.4) is 0 Å². The number of pyridine rings is 3. The highest BCUT2D eigenvalue weighted by molar-refractivity contribution is 6.09. The molecule has 33 heavy (non-hydrogen) atoms. The van der Waals surface area contributed by atoms with Crippen molar-refractivity contribution in [2.24, 2.45) is 9.98 Å². The summed E-state index contributed by atoms with van der Waals surface area (Å²) < 4.78 is 0. The number of aromatic nitrogens is 3. The number of aryl methyl sites for hydroxylation is 1. The zero-order chi connectivity index (χ0) is 22.4. The molecule has 3 aromatic heterocycles. The average Bonchev–Trinajstić information content (AvgIpc) is 3.51. The van der Waals surface area contributed by atoms with E-state index in [1.807, 2.05) is 37.3 Å². The molecule has 0 radical (unpaired) electrons. The van der Waals surface area contributed by atoms with Crippen LogP contribution in [0.4, 0.5) is 22.1 Å². The van der Waals surface area contributed by atoms with Crippen molar-refractivity contribution in [2.75, 3.05) is 34.8 Å². The molecule has 1 atom stereocenters. The molecule has 1 fully saturated rings. The first-order valence-corrected chi connectivity index (χ1v) is 11.0. The summed E-state index contributed by atoms with van der Waals surface area (Å²) in [5.41, 5.74) is 5.46. The van der Waals surface area contributed by atoms with Gasteiger partial charge in [-0.2, -0.15) is 0 Å². The number of aliphatic imine (C=N–C) groups is 2. The summed E-state index contributed by atoms with van der Waals surface area (Å²) in [5.74, 6) is 1.16. The summed E-state index contributed by atoms with van der Waals surface area (Å²) in [6.07, 6.45) is 5.91. The first kappa shape index (κ1) is 19.5. The van der Waals surface area contributed by atoms with Crippen LogP contribution in [0.2, 0.25) is 0 Å². The Morgan fingerprint density at radius 1 is 1.09 bits per heavy atom. The lowest BCUT2D eigenvalue weighted by Gasteiger charge is -2.35. The maximum atomic E-state index is 13.5. The molecule has 0 aliphatic carbocycles. The Morgan fingerprint density at radius 2 is 1.97 bits per heavy atom. The zero-order valence-corrected chi connectivity index (χ0v) is 18.1. The number of hydrogen-bond acceptors (Lipinski definition) is 7. The van der Waals surface area contributed by atoms with Gasteiger partial charge < -0.3 is 4.90 Å². The molecule has 2 amide bonds. The molecule has 1 saturated heterocycles. The smallest absolute Gasteiger partial charge is 0.329 e. The Bertz CT molecular complexity index is 1320. The van der Waals surface area contributed by atoms with Gasteiger partial charge in [0.25, 0.3) is 0 Å². The van der Waals surface area contributed by atoms with Gasteiger partial charge in [-0.3, -0.25) is 20.2 Å². The highest BCUT2D eigenvalue weighted by atomic mass is 16.2. The molecule has 3 aromatic rings. The third-order valence-electron chi connectivity index (χ3n) is 6.23. The van der Waals surface area contributed by atoms with Crippen LogP contribution in [0.5, 0.6) is 0 Å². The number of nitrogens with one attached hydrogen (secondary N) is 1. The minimum absolute atomic E-state index is 0.0650. The molecular formula is C24H22N8O. The van der Waals surface area contributed by atoms with E-state index >= 15 is 0 Å². The van der Waals surface area contributed by atoms with E-state index in [0.717, 1.165) is 53.4 Å². The van der Waals surface area contributed by atoms with Crippen LogP contribution in [-0.2, 0) is 0 Å². The second kappa shape index (κ2) is 7.77. The molecule has 0 unspecified atom stereocenters. The van der Waals surface area contributed by atoms with Crippen LogP contribution in [0, 0.1) is 6.92 Å². The minimum atomic E-state index is -0.229. The number of urea groups is 1. The van der Waals surface area contributed by atoms with Gasteiger partial charge in [-0.15, -0.1) is 0 Å². The highest BCUT2D eigenvalue weighted by Crippen LogP contribution is 2.40. The fraction of sp³-hybridized carbons (Fsp3) is 0.250. The van der Waals surface area contributed by atoms with E-state index in [2.05, 4.69) is 36.2 Å². The van der Waals surface area contributed by atoms with Crippen molar-refractivity contribution in [1.29, 1.82) is 0 Å². The second-order valence-electron chi connectivity index (χ2n) is 8.38. The number of hydrogen-bond donors (Lipinski definition) is 1. The van der Waals surface area contributed by atoms with Gasteiger partial charge in [0.05, 0.1) is 29.7 Å². The van der Waals surface area contributed by atoms with Gasteiger partial charge in [-0.25, -0.2) is 19.8 Å². The summed E-state index contributed by atoms with van der Waals surface area (Å²) in [7, 11) is 0. The fourth-order valence-electron chi connectivity index (χ4n) is 4.63. The molecule has 164 valence electrons. The summed E-state index contributed by atoms with van der Waals surface area (Å²) in [6, 6.07) is 11.6. The zero-order valence-electron chi connectivity index (χ0n) is 18.1. The van der Waals surface area contributed by atoms with Crippen LogP contribution in [-0.4, -0.2) is 58.7 Å². The van der Waals surface area contributed by atoms with Crippen molar-refractivity contribution in [3.63, 3.8) is 0 Å². The van der Waals surface area contributed by atoms with Gasteiger partial charge in [-0.1, -0.05) is 0 Å². The third-order valence-corrected chi connectivity index (χ3v) is 6.23. The molecule has 2 bridgehead atoms. The molecule has 9 nitrogen and oxygen atoms in total. The van der Waals surface area contributed by atoms with Crippen molar-refractivity contribution < 1.29 is 4.79 Å². The average molecular weight is 438 g/mol. The van der Waals surface area contributed by atoms with E-state index in [9.17, 15) is 4.79 Å². The summed E-state index contributed by atoms with van der Waals surface area (Å²) in [6.45, 7) is 4.20. The van der Waals surface area contributed by atoms with E-state index < -0.39 is 0 Å². The predicted molar refractivity (Wildman–Crippen MR) is 128 cm³/mol. The van der Waals surface area contributed by atoms with E-state index in [0.29, 0.717) is 18.2 Å². The molecule has 9 heteroatoms. The molecule has 0 saturated carbocycles. The molecule has 0 aromatic carbocycles. The topological polar surface area (TPSA) is 99.0 Å². The molecule has 3 aliphatic rings. The highest BCUT2D eigenvalue weighted by Gasteiger charge is 2.40. The van der Waals surface area contributed by atoms with Gasteiger partial charge in [0.1, 0.15) is 12.2 Å². The molecule has 6 heterocycles. The third kappa shape index (κ3) is 3.51. The predicted octanol–water partition coefficient (Wildman–Crippen LogP) is 3.31. The minimum Gasteiger partial charge on any atom is -0.366 e. The van der Waals surface area contributed by atoms with Crippen molar-refractivity contribution in [1.82, 2.24) is 15.0 Å². The molecule has 3 aliphatic heterocycles. The maximum Gasteiger partial charge on any atom is 0.329 e. The maximum absolute atomic E-state index is 13.5. The largest absolute Gasteiger partial charge is 0.366 e. The number of fused-ring (bicyclic) bond motifs is 4. The Balaban J connectivity index is 1.33. The molecule has 6 rings (SSSR count). The quantitative estimate of drug-likeness (QED) is 0.676. The van der Waals surface area contributed by atoms with Crippen molar-refractivity contribution in [3.8, 4) is 11.3 Å². The first-order chi connectivity index (χ1) is 16.2. The number of nitrogens with zero attached hydrogens (tertiary/aromatic N) is 7. The van der Waals surface area contributed by atoms with Crippen LogP contribution >= 0.6 is 0 Å². The van der Waals surface area contributed by atoms with Crippen LogP contribution < -0.4 is 15.1 Å². The number of anilines is 3. The van der Waals surface area contributed by atoms with Gasteiger partial charge in [0.2, 0.25) is 0 Å². The lowest BCUT2D eigenvalue weighted by atomic mass is 10.1. The SMILES string of the molecule is Cc1cc(-c2ccc3c(n2)N(C(=O)Nc2cc(C4=NC=NC4)ccn2)[C@H]2CCN3C2)ccn1. The number of rotatable bonds is 3. The van der Waals surface area contributed by atoms with Crippen molar-refractivity contribution in [2.45, 2.75) is 19.4 Å². The monoisotopic (exact) mass is 438 g/mol. The molecule has 1 N–H and O–H groups in total. The van der Waals surface area contributed by atoms with Crippen LogP contribution in [0.1, 0.15) is 17.7 Å². The Morgan fingerprint density at radius 3 is 2.82 bits per heavy atom. The van der Waals surface area contributed by atoms with Gasteiger partial charge in [0, 0.05) is 42.3 Å². The van der Waals surface area contributed by atoms with Crippen molar-refractivity contribution in [3.05, 3.63) is 60.0 Å². The van der Waals surface area contributed by atoms with Gasteiger partial charge >= 0.3 is 6.03 Å². The van der Waals surface area contributed by atoms with Crippen LogP contribution in [0.25, 0.3) is 11.3 Å². The van der Waals surface area contributed by atoms with Crippen LogP contribution in [0.15, 0.2) is 58.8 Å². The van der Waals surface area contributed by atoms with E-state index in [1.54, 1.807) is 23.6 Å². The number of carbonyl (C=O) groups is 1. The first-order valence-electron chi connectivity index (χ1n) is 11.0.